The molecule has 0 atom stereocenters. The first-order valence-electron chi connectivity index (χ1n) is 20.6. The molecule has 0 radical (unpaired) electrons. The van der Waals surface area contributed by atoms with E-state index in [4.69, 9.17) is 13.8 Å². The van der Waals surface area contributed by atoms with Crippen LogP contribution >= 0.6 is 0 Å². The number of oxazole rings is 1. The van der Waals surface area contributed by atoms with E-state index >= 15 is 0 Å². The summed E-state index contributed by atoms with van der Waals surface area (Å²) in [7, 11) is 0. The Kier molecular flexibility index (Phi) is 8.13. The van der Waals surface area contributed by atoms with Crippen LogP contribution in [0.2, 0.25) is 0 Å². The molecule has 0 unspecified atom stereocenters. The second-order valence-corrected chi connectivity index (χ2v) is 15.5. The predicted octanol–water partition coefficient (Wildman–Crippen LogP) is 16.2. The molecule has 12 aromatic rings. The second-order valence-electron chi connectivity index (χ2n) is 15.5. The first-order chi connectivity index (χ1) is 30.2. The van der Waals surface area contributed by atoms with E-state index in [1.165, 1.54) is 38.2 Å². The molecule has 4 nitrogen and oxygen atoms in total. The maximum atomic E-state index is 6.67. The third-order valence-corrected chi connectivity index (χ3v) is 11.9. The van der Waals surface area contributed by atoms with Crippen LogP contribution in [0.25, 0.3) is 99.4 Å². The molecule has 0 aliphatic carbocycles. The van der Waals surface area contributed by atoms with E-state index in [9.17, 15) is 0 Å². The smallest absolute Gasteiger partial charge is 0.227 e. The van der Waals surface area contributed by atoms with Gasteiger partial charge in [-0.2, -0.15) is 0 Å². The topological polar surface area (TPSA) is 42.4 Å². The minimum Gasteiger partial charge on any atom is -0.456 e. The highest BCUT2D eigenvalue weighted by molar-refractivity contribution is 6.19. The van der Waals surface area contributed by atoms with Gasteiger partial charge in [0, 0.05) is 45.0 Å². The second kappa shape index (κ2) is 14.3. The SMILES string of the molecule is c1ccc(-c2cccc(N(c3ccc(-c4cc5ccccc5c5ccccc45)cc3)c3ccc(-c4c5oc(-c6ccccc6)nc5cc5oc6ccccc6c45)cc3)c2)cc1. The first kappa shape index (κ1) is 34.8. The van der Waals surface area contributed by atoms with Gasteiger partial charge >= 0.3 is 0 Å². The van der Waals surface area contributed by atoms with Crippen molar-refractivity contribution in [3.05, 3.63) is 218 Å². The highest BCUT2D eigenvalue weighted by Crippen LogP contribution is 2.45. The molecule has 0 aliphatic rings. The number of hydrogen-bond acceptors (Lipinski definition) is 4. The Balaban J connectivity index is 1.01. The van der Waals surface area contributed by atoms with Crippen LogP contribution in [0.15, 0.2) is 227 Å². The molecule has 0 bridgehead atoms. The Bertz CT molecular complexity index is 3570. The van der Waals surface area contributed by atoms with Crippen molar-refractivity contribution in [1.82, 2.24) is 4.98 Å². The number of aromatic nitrogens is 1. The predicted molar refractivity (Wildman–Crippen MR) is 253 cm³/mol. The van der Waals surface area contributed by atoms with Gasteiger partial charge in [0.1, 0.15) is 16.7 Å². The van der Waals surface area contributed by atoms with Gasteiger partial charge in [0.15, 0.2) is 5.58 Å². The standard InChI is InChI=1S/C57H36N2O2/c1-3-14-37(15-4-1)41-19-13-20-45(34-41)59(43-30-26-38(27-31-43)50-35-42-18-7-8-21-46(42)47-22-9-10-23-48(47)50)44-32-28-39(29-33-44)54-55-49-24-11-12-25-52(49)60-53(55)36-51-56(54)61-57(58-51)40-16-5-2-6-17-40/h1-36H. The quantitative estimate of drug-likeness (QED) is 0.151. The van der Waals surface area contributed by atoms with E-state index in [0.29, 0.717) is 5.89 Å². The van der Waals surface area contributed by atoms with E-state index in [2.05, 4.69) is 175 Å². The van der Waals surface area contributed by atoms with Crippen molar-refractivity contribution in [1.29, 1.82) is 0 Å². The van der Waals surface area contributed by atoms with Crippen LogP contribution in [0, 0.1) is 0 Å². The van der Waals surface area contributed by atoms with E-state index in [0.717, 1.165) is 72.4 Å². The van der Waals surface area contributed by atoms with Crippen LogP contribution in [-0.4, -0.2) is 4.98 Å². The number of hydrogen-bond donors (Lipinski definition) is 0. The van der Waals surface area contributed by atoms with Crippen molar-refractivity contribution < 1.29 is 8.83 Å². The number of fused-ring (bicyclic) bond motifs is 7. The lowest BCUT2D eigenvalue weighted by atomic mass is 9.93. The Labute approximate surface area is 352 Å². The molecule has 2 aromatic heterocycles. The molecular formula is C57H36N2O2. The van der Waals surface area contributed by atoms with Crippen molar-refractivity contribution in [2.75, 3.05) is 4.90 Å². The van der Waals surface area contributed by atoms with Gasteiger partial charge in [0.2, 0.25) is 5.89 Å². The molecular weight excluding hydrogens is 745 g/mol. The highest BCUT2D eigenvalue weighted by atomic mass is 16.4. The van der Waals surface area contributed by atoms with Crippen molar-refractivity contribution in [2.45, 2.75) is 0 Å². The van der Waals surface area contributed by atoms with E-state index in [-0.39, 0.29) is 0 Å². The Morgan fingerprint density at radius 3 is 1.72 bits per heavy atom. The summed E-state index contributed by atoms with van der Waals surface area (Å²) in [5.41, 5.74) is 13.9. The molecule has 0 saturated heterocycles. The summed E-state index contributed by atoms with van der Waals surface area (Å²) in [6, 6.07) is 77.1. The van der Waals surface area contributed by atoms with Crippen molar-refractivity contribution in [3.8, 4) is 44.8 Å². The normalized spacial score (nSPS) is 11.6. The average molecular weight is 781 g/mol. The van der Waals surface area contributed by atoms with Crippen LogP contribution in [-0.2, 0) is 0 Å². The maximum Gasteiger partial charge on any atom is 0.227 e. The van der Waals surface area contributed by atoms with E-state index in [1.807, 2.05) is 48.5 Å². The molecule has 2 heterocycles. The number of benzene rings is 10. The zero-order chi connectivity index (χ0) is 40.3. The highest BCUT2D eigenvalue weighted by Gasteiger charge is 2.22. The van der Waals surface area contributed by atoms with Crippen LogP contribution in [0.1, 0.15) is 0 Å². The summed E-state index contributed by atoms with van der Waals surface area (Å²) in [5, 5.41) is 7.05. The Morgan fingerprint density at radius 1 is 0.361 bits per heavy atom. The van der Waals surface area contributed by atoms with Gasteiger partial charge in [-0.05, 0) is 110 Å². The van der Waals surface area contributed by atoms with Gasteiger partial charge in [-0.1, -0.05) is 152 Å². The molecule has 61 heavy (non-hydrogen) atoms. The molecule has 0 saturated carbocycles. The number of rotatable bonds is 7. The van der Waals surface area contributed by atoms with Gasteiger partial charge in [-0.15, -0.1) is 0 Å². The molecule has 0 fully saturated rings. The third-order valence-electron chi connectivity index (χ3n) is 11.9. The Hall–Kier alpha value is -8.21. The molecule has 10 aromatic carbocycles. The molecule has 286 valence electrons. The lowest BCUT2D eigenvalue weighted by molar-refractivity contribution is 0.621. The minimum atomic E-state index is 0.579. The fraction of sp³-hybridized carbons (Fsp3) is 0. The van der Waals surface area contributed by atoms with Crippen molar-refractivity contribution >= 4 is 71.6 Å². The molecule has 0 N–H and O–H groups in total. The zero-order valence-electron chi connectivity index (χ0n) is 33.0. The molecule has 0 spiro atoms. The largest absolute Gasteiger partial charge is 0.456 e. The first-order valence-corrected chi connectivity index (χ1v) is 20.6. The summed E-state index contributed by atoms with van der Waals surface area (Å²) in [4.78, 5) is 7.31. The lowest BCUT2D eigenvalue weighted by Crippen LogP contribution is -2.10. The van der Waals surface area contributed by atoms with Crippen LogP contribution in [0.5, 0.6) is 0 Å². The fourth-order valence-corrected chi connectivity index (χ4v) is 9.01. The van der Waals surface area contributed by atoms with Crippen LogP contribution in [0.3, 0.4) is 0 Å². The number of anilines is 3. The van der Waals surface area contributed by atoms with Crippen molar-refractivity contribution in [3.63, 3.8) is 0 Å². The van der Waals surface area contributed by atoms with Gasteiger partial charge in [-0.3, -0.25) is 0 Å². The summed E-state index contributed by atoms with van der Waals surface area (Å²) in [6.45, 7) is 0. The summed E-state index contributed by atoms with van der Waals surface area (Å²) in [6.07, 6.45) is 0. The summed E-state index contributed by atoms with van der Waals surface area (Å²) < 4.78 is 13.1. The summed E-state index contributed by atoms with van der Waals surface area (Å²) >= 11 is 0. The van der Waals surface area contributed by atoms with Gasteiger partial charge in [0.25, 0.3) is 0 Å². The molecule has 0 amide bonds. The lowest BCUT2D eigenvalue weighted by Gasteiger charge is -2.26. The third kappa shape index (κ3) is 5.96. The number of furan rings is 1. The molecule has 12 rings (SSSR count). The van der Waals surface area contributed by atoms with E-state index in [1.54, 1.807) is 0 Å². The number of para-hydroxylation sites is 1. The van der Waals surface area contributed by atoms with Crippen molar-refractivity contribution in [2.24, 2.45) is 0 Å². The molecule has 4 heteroatoms. The average Bonchev–Trinajstić information content (AvgIpc) is 3.93. The summed E-state index contributed by atoms with van der Waals surface area (Å²) in [5.74, 6) is 0.579. The zero-order valence-corrected chi connectivity index (χ0v) is 33.0. The van der Waals surface area contributed by atoms with Gasteiger partial charge in [0.05, 0.1) is 0 Å². The maximum absolute atomic E-state index is 6.67. The van der Waals surface area contributed by atoms with Gasteiger partial charge in [-0.25, -0.2) is 4.98 Å². The number of nitrogens with zero attached hydrogens (tertiary/aromatic N) is 2. The minimum absolute atomic E-state index is 0.579. The van der Waals surface area contributed by atoms with Crippen LogP contribution < -0.4 is 4.90 Å². The fourth-order valence-electron chi connectivity index (χ4n) is 9.01. The van der Waals surface area contributed by atoms with E-state index < -0.39 is 0 Å². The van der Waals surface area contributed by atoms with Gasteiger partial charge < -0.3 is 13.7 Å². The molecule has 0 aliphatic heterocycles. The monoisotopic (exact) mass is 780 g/mol. The van der Waals surface area contributed by atoms with Crippen LogP contribution in [0.4, 0.5) is 17.1 Å². The Morgan fingerprint density at radius 2 is 0.967 bits per heavy atom.